The van der Waals surface area contributed by atoms with E-state index in [1.165, 1.54) is 0 Å². The topological polar surface area (TPSA) is 56.4 Å². The highest BCUT2D eigenvalue weighted by Gasteiger charge is 2.30. The number of carbonyl (C=O) groups is 1. The van der Waals surface area contributed by atoms with Gasteiger partial charge in [0.1, 0.15) is 0 Å². The monoisotopic (exact) mass is 333 g/mol. The van der Waals surface area contributed by atoms with E-state index < -0.39 is 0 Å². The van der Waals surface area contributed by atoms with Crippen LogP contribution in [0.15, 0.2) is 29.1 Å². The number of carbonyl (C=O) groups excluding carboxylic acids is 1. The Balaban J connectivity index is 1.87. The lowest BCUT2D eigenvalue weighted by molar-refractivity contribution is -0.141. The lowest BCUT2D eigenvalue weighted by Gasteiger charge is -2.38. The number of benzene rings is 1. The highest BCUT2D eigenvalue weighted by atomic mass is 35.5. The second-order valence-corrected chi connectivity index (χ2v) is 6.36. The number of H-pyrrole nitrogens is 1. The van der Waals surface area contributed by atoms with Gasteiger partial charge in [-0.2, -0.15) is 0 Å². The molecule has 0 bridgehead atoms. The number of aromatic nitrogens is 1. The van der Waals surface area contributed by atoms with Crippen molar-refractivity contribution in [2.24, 2.45) is 0 Å². The Morgan fingerprint density at radius 1 is 1.26 bits per heavy atom. The van der Waals surface area contributed by atoms with Gasteiger partial charge in [-0.15, -0.1) is 0 Å². The number of nitrogens with one attached hydrogen (secondary N) is 1. The Kier molecular flexibility index (Phi) is 4.41. The van der Waals surface area contributed by atoms with Gasteiger partial charge in [-0.3, -0.25) is 14.5 Å². The molecule has 1 atom stereocenters. The largest absolute Gasteiger partial charge is 0.340 e. The van der Waals surface area contributed by atoms with Crippen molar-refractivity contribution in [1.29, 1.82) is 0 Å². The minimum absolute atomic E-state index is 0.127. The van der Waals surface area contributed by atoms with E-state index in [4.69, 9.17) is 11.6 Å². The fourth-order valence-electron chi connectivity index (χ4n) is 3.06. The first-order valence-electron chi connectivity index (χ1n) is 7.84. The second-order valence-electron chi connectivity index (χ2n) is 5.92. The van der Waals surface area contributed by atoms with E-state index in [1.54, 1.807) is 12.1 Å². The molecular formula is C17H20ClN3O2. The van der Waals surface area contributed by atoms with Crippen molar-refractivity contribution < 1.29 is 4.79 Å². The van der Waals surface area contributed by atoms with Crippen LogP contribution >= 0.6 is 11.6 Å². The van der Waals surface area contributed by atoms with Crippen molar-refractivity contribution in [2.45, 2.75) is 26.4 Å². The predicted molar refractivity (Wildman–Crippen MR) is 91.7 cm³/mol. The number of likely N-dealkylation sites (N-methyl/N-ethyl adjacent to an activating group) is 1. The molecular weight excluding hydrogens is 314 g/mol. The van der Waals surface area contributed by atoms with Crippen LogP contribution in [0.2, 0.25) is 5.02 Å². The SMILES string of the molecule is CCN1CCN(Cc2cc3ccc(Cl)cc3[nH]c2=O)C(C)C1=O. The quantitative estimate of drug-likeness (QED) is 0.937. The molecule has 0 radical (unpaired) electrons. The number of fused-ring (bicyclic) bond motifs is 1. The number of rotatable bonds is 3. The van der Waals surface area contributed by atoms with E-state index in [9.17, 15) is 9.59 Å². The predicted octanol–water partition coefficient (Wildman–Crippen LogP) is 2.23. The third kappa shape index (κ3) is 3.12. The van der Waals surface area contributed by atoms with Gasteiger partial charge in [-0.25, -0.2) is 0 Å². The molecule has 23 heavy (non-hydrogen) atoms. The number of hydrogen-bond donors (Lipinski definition) is 1. The van der Waals surface area contributed by atoms with Crippen LogP contribution in [0.25, 0.3) is 10.9 Å². The van der Waals surface area contributed by atoms with Crippen LogP contribution in [0.4, 0.5) is 0 Å². The summed E-state index contributed by atoms with van der Waals surface area (Å²) in [6.07, 6.45) is 0. The summed E-state index contributed by atoms with van der Waals surface area (Å²) in [5.41, 5.74) is 1.27. The van der Waals surface area contributed by atoms with E-state index >= 15 is 0 Å². The summed E-state index contributed by atoms with van der Waals surface area (Å²) in [6, 6.07) is 7.12. The van der Waals surface area contributed by atoms with Crippen molar-refractivity contribution >= 4 is 28.4 Å². The van der Waals surface area contributed by atoms with Crippen molar-refractivity contribution in [1.82, 2.24) is 14.8 Å². The maximum atomic E-state index is 12.3. The van der Waals surface area contributed by atoms with Gasteiger partial charge in [-0.1, -0.05) is 17.7 Å². The normalized spacial score (nSPS) is 19.5. The minimum Gasteiger partial charge on any atom is -0.340 e. The molecule has 2 heterocycles. The highest BCUT2D eigenvalue weighted by Crippen LogP contribution is 2.19. The van der Waals surface area contributed by atoms with Crippen molar-refractivity contribution in [3.63, 3.8) is 0 Å². The lowest BCUT2D eigenvalue weighted by atomic mass is 10.1. The number of halogens is 1. The van der Waals surface area contributed by atoms with Crippen LogP contribution < -0.4 is 5.56 Å². The van der Waals surface area contributed by atoms with Crippen LogP contribution in [-0.2, 0) is 11.3 Å². The first-order valence-corrected chi connectivity index (χ1v) is 8.21. The van der Waals surface area contributed by atoms with Gasteiger partial charge in [0.2, 0.25) is 5.91 Å². The van der Waals surface area contributed by atoms with Crippen LogP contribution in [0.1, 0.15) is 19.4 Å². The van der Waals surface area contributed by atoms with Gasteiger partial charge in [0.25, 0.3) is 5.56 Å². The van der Waals surface area contributed by atoms with Gasteiger partial charge in [0, 0.05) is 42.3 Å². The zero-order valence-corrected chi connectivity index (χ0v) is 14.1. The average Bonchev–Trinajstić information content (AvgIpc) is 2.53. The smallest absolute Gasteiger partial charge is 0.252 e. The number of aromatic amines is 1. The third-order valence-electron chi connectivity index (χ3n) is 4.51. The van der Waals surface area contributed by atoms with Crippen LogP contribution in [0, 0.1) is 0 Å². The second kappa shape index (κ2) is 6.34. The van der Waals surface area contributed by atoms with E-state index in [0.717, 1.165) is 24.0 Å². The number of piperazine rings is 1. The molecule has 1 aromatic carbocycles. The fourth-order valence-corrected chi connectivity index (χ4v) is 3.23. The molecule has 1 amide bonds. The maximum absolute atomic E-state index is 12.3. The van der Waals surface area contributed by atoms with E-state index in [-0.39, 0.29) is 17.5 Å². The number of amides is 1. The molecule has 1 aromatic heterocycles. The zero-order chi connectivity index (χ0) is 16.6. The molecule has 1 unspecified atom stereocenters. The molecule has 1 N–H and O–H groups in total. The van der Waals surface area contributed by atoms with Gasteiger partial charge < -0.3 is 9.88 Å². The maximum Gasteiger partial charge on any atom is 0.252 e. The molecule has 5 nitrogen and oxygen atoms in total. The Hall–Kier alpha value is -1.85. The van der Waals surface area contributed by atoms with Crippen molar-refractivity contribution in [2.75, 3.05) is 19.6 Å². The molecule has 122 valence electrons. The molecule has 1 saturated heterocycles. The van der Waals surface area contributed by atoms with E-state index in [2.05, 4.69) is 9.88 Å². The van der Waals surface area contributed by atoms with Crippen LogP contribution in [0.3, 0.4) is 0 Å². The average molecular weight is 334 g/mol. The molecule has 0 spiro atoms. The van der Waals surface area contributed by atoms with E-state index in [0.29, 0.717) is 23.7 Å². The summed E-state index contributed by atoms with van der Waals surface area (Å²) in [7, 11) is 0. The van der Waals surface area contributed by atoms with Gasteiger partial charge in [-0.05, 0) is 37.4 Å². The third-order valence-corrected chi connectivity index (χ3v) is 4.75. The molecule has 0 aliphatic carbocycles. The van der Waals surface area contributed by atoms with Gasteiger partial charge >= 0.3 is 0 Å². The number of hydrogen-bond acceptors (Lipinski definition) is 3. The molecule has 3 rings (SSSR count). The fraction of sp³-hybridized carbons (Fsp3) is 0.412. The zero-order valence-electron chi connectivity index (χ0n) is 13.3. The van der Waals surface area contributed by atoms with Gasteiger partial charge in [0.05, 0.1) is 6.04 Å². The Morgan fingerprint density at radius 2 is 2.04 bits per heavy atom. The molecule has 2 aromatic rings. The van der Waals surface area contributed by atoms with Gasteiger partial charge in [0.15, 0.2) is 0 Å². The van der Waals surface area contributed by atoms with E-state index in [1.807, 2.05) is 30.9 Å². The Labute approximate surface area is 139 Å². The Bertz CT molecular complexity index is 802. The highest BCUT2D eigenvalue weighted by molar-refractivity contribution is 6.31. The molecule has 6 heteroatoms. The molecule has 1 aliphatic rings. The number of pyridine rings is 1. The summed E-state index contributed by atoms with van der Waals surface area (Å²) in [4.78, 5) is 31.4. The first-order chi connectivity index (χ1) is 11.0. The Morgan fingerprint density at radius 3 is 2.78 bits per heavy atom. The molecule has 0 saturated carbocycles. The van der Waals surface area contributed by atoms with Crippen molar-refractivity contribution in [3.8, 4) is 0 Å². The summed E-state index contributed by atoms with van der Waals surface area (Å²) in [6.45, 7) is 6.57. The summed E-state index contributed by atoms with van der Waals surface area (Å²) in [5.74, 6) is 0.128. The number of nitrogens with zero attached hydrogens (tertiary/aromatic N) is 2. The van der Waals surface area contributed by atoms with Crippen LogP contribution in [0.5, 0.6) is 0 Å². The summed E-state index contributed by atoms with van der Waals surface area (Å²) < 4.78 is 0. The van der Waals surface area contributed by atoms with Crippen LogP contribution in [-0.4, -0.2) is 46.4 Å². The minimum atomic E-state index is -0.205. The molecule has 1 fully saturated rings. The standard InChI is InChI=1S/C17H20ClN3O2/c1-3-20-6-7-21(11(2)17(20)23)10-13-8-12-4-5-14(18)9-15(12)19-16(13)22/h4-5,8-9,11H,3,6-7,10H2,1-2H3,(H,19,22). The van der Waals surface area contributed by atoms with Crippen molar-refractivity contribution in [3.05, 3.63) is 45.2 Å². The lowest BCUT2D eigenvalue weighted by Crippen LogP contribution is -2.55. The summed E-state index contributed by atoms with van der Waals surface area (Å²) >= 11 is 5.96. The molecule has 1 aliphatic heterocycles. The summed E-state index contributed by atoms with van der Waals surface area (Å²) in [5, 5.41) is 1.53. The first kappa shape index (κ1) is 16.0.